The summed E-state index contributed by atoms with van der Waals surface area (Å²) in [6, 6.07) is 7.86. The maximum Gasteiger partial charge on any atom is 0.304 e. The number of hydrogen-bond donors (Lipinski definition) is 1. The van der Waals surface area contributed by atoms with E-state index in [1.807, 2.05) is 38.1 Å². The molecule has 1 aromatic rings. The van der Waals surface area contributed by atoms with Crippen LogP contribution in [-0.2, 0) is 11.2 Å². The number of carboxylic acid groups (broad SMARTS) is 1. The Morgan fingerprint density at radius 2 is 2.00 bits per heavy atom. The third-order valence-corrected chi connectivity index (χ3v) is 2.60. The fourth-order valence-electron chi connectivity index (χ4n) is 1.67. The minimum absolute atomic E-state index is 0.112. The van der Waals surface area contributed by atoms with Crippen molar-refractivity contribution in [3.8, 4) is 5.75 Å². The molecule has 0 atom stereocenters. The monoisotopic (exact) mass is 236 g/mol. The Labute approximate surface area is 102 Å². The zero-order chi connectivity index (χ0) is 12.9. The summed E-state index contributed by atoms with van der Waals surface area (Å²) in [7, 11) is 0. The Balaban J connectivity index is 2.63. The summed E-state index contributed by atoms with van der Waals surface area (Å²) in [6.07, 6.45) is 1.02. The van der Waals surface area contributed by atoms with Crippen molar-refractivity contribution >= 4 is 5.97 Å². The highest BCUT2D eigenvalue weighted by molar-refractivity contribution is 5.67. The molecule has 0 aliphatic carbocycles. The van der Waals surface area contributed by atoms with Crippen molar-refractivity contribution in [3.63, 3.8) is 0 Å². The van der Waals surface area contributed by atoms with E-state index < -0.39 is 5.97 Å². The largest absolute Gasteiger partial charge is 0.493 e. The second-order valence-corrected chi connectivity index (χ2v) is 4.98. The van der Waals surface area contributed by atoms with Crippen molar-refractivity contribution in [2.24, 2.45) is 5.41 Å². The molecular weight excluding hydrogens is 216 g/mol. The first-order valence-electron chi connectivity index (χ1n) is 5.87. The highest BCUT2D eigenvalue weighted by atomic mass is 16.5. The molecule has 0 fully saturated rings. The molecule has 0 saturated heterocycles. The van der Waals surface area contributed by atoms with E-state index in [1.54, 1.807) is 0 Å². The highest BCUT2D eigenvalue weighted by Crippen LogP contribution is 2.24. The van der Waals surface area contributed by atoms with E-state index in [0.29, 0.717) is 6.61 Å². The van der Waals surface area contributed by atoms with Crippen LogP contribution in [0.3, 0.4) is 0 Å². The minimum atomic E-state index is -0.789. The van der Waals surface area contributed by atoms with Gasteiger partial charge >= 0.3 is 5.97 Å². The molecule has 1 aromatic carbocycles. The maximum absolute atomic E-state index is 10.7. The molecule has 0 heterocycles. The molecule has 0 saturated carbocycles. The lowest BCUT2D eigenvalue weighted by Gasteiger charge is -2.23. The molecule has 1 rings (SSSR count). The molecule has 3 nitrogen and oxygen atoms in total. The predicted octanol–water partition coefficient (Wildman–Crippen LogP) is 3.13. The van der Waals surface area contributed by atoms with E-state index in [1.165, 1.54) is 0 Å². The van der Waals surface area contributed by atoms with Gasteiger partial charge in [-0.15, -0.1) is 0 Å². The number of rotatable bonds is 6. The van der Waals surface area contributed by atoms with Gasteiger partial charge in [0, 0.05) is 5.41 Å². The lowest BCUT2D eigenvalue weighted by Crippen LogP contribution is -2.25. The summed E-state index contributed by atoms with van der Waals surface area (Å²) >= 11 is 0. The number of benzene rings is 1. The van der Waals surface area contributed by atoms with Gasteiger partial charge in [0.15, 0.2) is 0 Å². The van der Waals surface area contributed by atoms with Crippen LogP contribution < -0.4 is 4.74 Å². The number of carboxylic acids is 1. The lowest BCUT2D eigenvalue weighted by atomic mass is 9.90. The van der Waals surface area contributed by atoms with Crippen LogP contribution in [0.25, 0.3) is 0 Å². The first-order valence-corrected chi connectivity index (χ1v) is 5.87. The van der Waals surface area contributed by atoms with Gasteiger partial charge in [0.2, 0.25) is 0 Å². The third kappa shape index (κ3) is 4.47. The zero-order valence-electron chi connectivity index (χ0n) is 10.7. The Morgan fingerprint density at radius 1 is 1.35 bits per heavy atom. The Kier molecular flexibility index (Phi) is 4.55. The van der Waals surface area contributed by atoms with E-state index in [2.05, 4.69) is 6.92 Å². The molecule has 94 valence electrons. The second kappa shape index (κ2) is 5.71. The number of carbonyl (C=O) groups is 1. The number of para-hydroxylation sites is 1. The van der Waals surface area contributed by atoms with Crippen molar-refractivity contribution in [1.82, 2.24) is 0 Å². The second-order valence-electron chi connectivity index (χ2n) is 4.98. The molecule has 0 spiro atoms. The van der Waals surface area contributed by atoms with Gasteiger partial charge in [0.1, 0.15) is 5.75 Å². The number of aryl methyl sites for hydroxylation is 1. The van der Waals surface area contributed by atoms with Gasteiger partial charge in [-0.2, -0.15) is 0 Å². The SMILES string of the molecule is CCc1ccccc1OCC(C)(C)CC(=O)O. The first-order chi connectivity index (χ1) is 7.94. The molecule has 0 radical (unpaired) electrons. The fourth-order valence-corrected chi connectivity index (χ4v) is 1.67. The summed E-state index contributed by atoms with van der Waals surface area (Å²) in [5.74, 6) is 0.0656. The lowest BCUT2D eigenvalue weighted by molar-refractivity contribution is -0.139. The molecule has 0 aromatic heterocycles. The van der Waals surface area contributed by atoms with Gasteiger partial charge in [-0.25, -0.2) is 0 Å². The van der Waals surface area contributed by atoms with Crippen LogP contribution in [0.15, 0.2) is 24.3 Å². The topological polar surface area (TPSA) is 46.5 Å². The zero-order valence-corrected chi connectivity index (χ0v) is 10.7. The first kappa shape index (κ1) is 13.6. The Bertz CT molecular complexity index is 383. The van der Waals surface area contributed by atoms with Crippen molar-refractivity contribution in [3.05, 3.63) is 29.8 Å². The average molecular weight is 236 g/mol. The minimum Gasteiger partial charge on any atom is -0.493 e. The van der Waals surface area contributed by atoms with Crippen LogP contribution in [0.1, 0.15) is 32.8 Å². The molecule has 0 unspecified atom stereocenters. The van der Waals surface area contributed by atoms with Crippen molar-refractivity contribution in [1.29, 1.82) is 0 Å². The summed E-state index contributed by atoms with van der Waals surface area (Å²) in [4.78, 5) is 10.7. The smallest absolute Gasteiger partial charge is 0.304 e. The standard InChI is InChI=1S/C14H20O3/c1-4-11-7-5-6-8-12(11)17-10-14(2,3)9-13(15)16/h5-8H,4,9-10H2,1-3H3,(H,15,16). The molecule has 0 amide bonds. The molecule has 17 heavy (non-hydrogen) atoms. The quantitative estimate of drug-likeness (QED) is 0.825. The summed E-state index contributed by atoms with van der Waals surface area (Å²) in [6.45, 7) is 6.28. The van der Waals surface area contributed by atoms with Crippen LogP contribution in [-0.4, -0.2) is 17.7 Å². The van der Waals surface area contributed by atoms with Gasteiger partial charge in [-0.05, 0) is 18.1 Å². The van der Waals surface area contributed by atoms with E-state index in [-0.39, 0.29) is 11.8 Å². The van der Waals surface area contributed by atoms with E-state index in [9.17, 15) is 4.79 Å². The summed E-state index contributed by atoms with van der Waals surface area (Å²) in [5, 5.41) is 8.79. The van der Waals surface area contributed by atoms with Crippen LogP contribution in [0.4, 0.5) is 0 Å². The van der Waals surface area contributed by atoms with Crippen molar-refractivity contribution in [2.45, 2.75) is 33.6 Å². The number of aliphatic carboxylic acids is 1. The Hall–Kier alpha value is -1.51. The highest BCUT2D eigenvalue weighted by Gasteiger charge is 2.23. The summed E-state index contributed by atoms with van der Waals surface area (Å²) < 4.78 is 5.73. The van der Waals surface area contributed by atoms with Crippen LogP contribution >= 0.6 is 0 Å². The van der Waals surface area contributed by atoms with Gasteiger partial charge < -0.3 is 9.84 Å². The molecule has 0 aliphatic heterocycles. The van der Waals surface area contributed by atoms with E-state index >= 15 is 0 Å². The van der Waals surface area contributed by atoms with Gasteiger partial charge in [-0.3, -0.25) is 4.79 Å². The molecule has 1 N–H and O–H groups in total. The Morgan fingerprint density at radius 3 is 2.59 bits per heavy atom. The van der Waals surface area contributed by atoms with Crippen molar-refractivity contribution in [2.75, 3.05) is 6.61 Å². The van der Waals surface area contributed by atoms with Gasteiger partial charge in [0.05, 0.1) is 13.0 Å². The number of hydrogen-bond acceptors (Lipinski definition) is 2. The third-order valence-electron chi connectivity index (χ3n) is 2.60. The number of ether oxygens (including phenoxy) is 1. The van der Waals surface area contributed by atoms with Gasteiger partial charge in [0.25, 0.3) is 0 Å². The molecule has 0 aliphatic rings. The summed E-state index contributed by atoms with van der Waals surface area (Å²) in [5.41, 5.74) is 0.797. The molecular formula is C14H20O3. The van der Waals surface area contributed by atoms with Crippen LogP contribution in [0.5, 0.6) is 5.75 Å². The normalized spacial score (nSPS) is 11.2. The van der Waals surface area contributed by atoms with Crippen LogP contribution in [0, 0.1) is 5.41 Å². The van der Waals surface area contributed by atoms with Crippen molar-refractivity contribution < 1.29 is 14.6 Å². The fraction of sp³-hybridized carbons (Fsp3) is 0.500. The maximum atomic E-state index is 10.7. The average Bonchev–Trinajstić information content (AvgIpc) is 2.25. The van der Waals surface area contributed by atoms with Gasteiger partial charge in [-0.1, -0.05) is 39.0 Å². The molecule has 3 heteroatoms. The van der Waals surface area contributed by atoms with Crippen LogP contribution in [0.2, 0.25) is 0 Å². The van der Waals surface area contributed by atoms with E-state index in [0.717, 1.165) is 17.7 Å². The predicted molar refractivity (Wildman–Crippen MR) is 67.3 cm³/mol. The molecule has 0 bridgehead atoms. The van der Waals surface area contributed by atoms with E-state index in [4.69, 9.17) is 9.84 Å².